The number of halogens is 2. The summed E-state index contributed by atoms with van der Waals surface area (Å²) in [4.78, 5) is 22.4. The van der Waals surface area contributed by atoms with Gasteiger partial charge in [-0.25, -0.2) is 14.0 Å². The van der Waals surface area contributed by atoms with Crippen molar-refractivity contribution < 1.29 is 19.1 Å². The average molecular weight is 353 g/mol. The number of anilines is 2. The minimum Gasteiger partial charge on any atom is -0.478 e. The summed E-state index contributed by atoms with van der Waals surface area (Å²) in [6.45, 7) is 0. The number of hydrogen-bond acceptors (Lipinski definition) is 2. The third-order valence-corrected chi connectivity index (χ3v) is 3.06. The van der Waals surface area contributed by atoms with E-state index in [4.69, 9.17) is 5.11 Å². The maximum Gasteiger partial charge on any atom is 0.335 e. The molecule has 0 saturated heterocycles. The van der Waals surface area contributed by atoms with E-state index in [2.05, 4.69) is 26.6 Å². The van der Waals surface area contributed by atoms with Crippen molar-refractivity contribution in [3.05, 3.63) is 58.3 Å². The van der Waals surface area contributed by atoms with E-state index in [1.165, 1.54) is 42.5 Å². The number of benzene rings is 2. The predicted molar refractivity (Wildman–Crippen MR) is 80.1 cm³/mol. The van der Waals surface area contributed by atoms with Crippen LogP contribution in [0, 0.1) is 5.82 Å². The van der Waals surface area contributed by atoms with Crippen molar-refractivity contribution in [1.29, 1.82) is 0 Å². The molecule has 2 aromatic carbocycles. The Morgan fingerprint density at radius 2 is 1.71 bits per heavy atom. The van der Waals surface area contributed by atoms with Gasteiger partial charge < -0.3 is 15.7 Å². The van der Waals surface area contributed by atoms with Crippen LogP contribution >= 0.6 is 15.9 Å². The first-order chi connectivity index (χ1) is 9.95. The van der Waals surface area contributed by atoms with Gasteiger partial charge in [-0.3, -0.25) is 0 Å². The second kappa shape index (κ2) is 6.36. The molecule has 108 valence electrons. The second-order valence-corrected chi connectivity index (χ2v) is 5.00. The van der Waals surface area contributed by atoms with E-state index >= 15 is 0 Å². The van der Waals surface area contributed by atoms with Crippen LogP contribution in [-0.4, -0.2) is 17.1 Å². The van der Waals surface area contributed by atoms with Crippen molar-refractivity contribution in [3.8, 4) is 0 Å². The van der Waals surface area contributed by atoms with E-state index in [1.807, 2.05) is 0 Å². The molecule has 0 radical (unpaired) electrons. The van der Waals surface area contributed by atoms with Crippen molar-refractivity contribution in [2.75, 3.05) is 10.6 Å². The Morgan fingerprint density at radius 3 is 2.33 bits per heavy atom. The van der Waals surface area contributed by atoms with Crippen LogP contribution in [0.4, 0.5) is 20.6 Å². The number of amides is 2. The lowest BCUT2D eigenvalue weighted by molar-refractivity contribution is 0.0697. The van der Waals surface area contributed by atoms with Crippen LogP contribution in [0.5, 0.6) is 0 Å². The van der Waals surface area contributed by atoms with Gasteiger partial charge in [0.25, 0.3) is 0 Å². The molecule has 3 N–H and O–H groups in total. The van der Waals surface area contributed by atoms with Crippen molar-refractivity contribution in [3.63, 3.8) is 0 Å². The summed E-state index contributed by atoms with van der Waals surface area (Å²) in [5.74, 6) is -1.61. The molecule has 5 nitrogen and oxygen atoms in total. The highest BCUT2D eigenvalue weighted by Gasteiger charge is 2.08. The zero-order chi connectivity index (χ0) is 15.4. The minimum absolute atomic E-state index is 0.0315. The first-order valence-electron chi connectivity index (χ1n) is 5.82. The number of rotatable bonds is 3. The number of carboxylic acids is 1. The van der Waals surface area contributed by atoms with E-state index in [1.54, 1.807) is 0 Å². The van der Waals surface area contributed by atoms with Gasteiger partial charge in [0.2, 0.25) is 0 Å². The predicted octanol–water partition coefficient (Wildman–Crippen LogP) is 3.93. The summed E-state index contributed by atoms with van der Waals surface area (Å²) in [5, 5.41) is 13.6. The molecule has 0 unspecified atom stereocenters. The van der Waals surface area contributed by atoms with Gasteiger partial charge in [0.1, 0.15) is 5.82 Å². The van der Waals surface area contributed by atoms with E-state index < -0.39 is 17.8 Å². The summed E-state index contributed by atoms with van der Waals surface area (Å²) in [5.41, 5.74) is 0.538. The molecule has 0 aromatic heterocycles. The highest BCUT2D eigenvalue weighted by Crippen LogP contribution is 2.20. The van der Waals surface area contributed by atoms with Crippen LogP contribution in [0.1, 0.15) is 10.4 Å². The molecule has 2 aromatic rings. The number of carboxylic acid groups (broad SMARTS) is 1. The number of hydrogen-bond donors (Lipinski definition) is 3. The monoisotopic (exact) mass is 352 g/mol. The summed E-state index contributed by atoms with van der Waals surface area (Å²) in [7, 11) is 0. The SMILES string of the molecule is O=C(Nc1ccc(C(=O)O)cc1)Nc1cc(Br)ccc1F. The fraction of sp³-hybridized carbons (Fsp3) is 0. The highest BCUT2D eigenvalue weighted by molar-refractivity contribution is 9.10. The largest absolute Gasteiger partial charge is 0.478 e. The van der Waals surface area contributed by atoms with Gasteiger partial charge >= 0.3 is 12.0 Å². The van der Waals surface area contributed by atoms with E-state index in [0.717, 1.165) is 0 Å². The van der Waals surface area contributed by atoms with Gasteiger partial charge in [-0.2, -0.15) is 0 Å². The lowest BCUT2D eigenvalue weighted by Gasteiger charge is -2.09. The third kappa shape index (κ3) is 4.03. The Kier molecular flexibility index (Phi) is 4.54. The second-order valence-electron chi connectivity index (χ2n) is 4.09. The Labute approximate surface area is 127 Å². The molecule has 0 spiro atoms. The molecule has 0 fully saturated rings. The zero-order valence-electron chi connectivity index (χ0n) is 10.6. The average Bonchev–Trinajstić information content (AvgIpc) is 2.43. The Bertz CT molecular complexity index is 689. The van der Waals surface area contributed by atoms with Gasteiger partial charge in [-0.05, 0) is 42.5 Å². The molecule has 0 saturated carbocycles. The summed E-state index contributed by atoms with van der Waals surface area (Å²) in [6.07, 6.45) is 0. The van der Waals surface area contributed by atoms with E-state index in [9.17, 15) is 14.0 Å². The Morgan fingerprint density at radius 1 is 1.05 bits per heavy atom. The van der Waals surface area contributed by atoms with Crippen LogP contribution in [0.2, 0.25) is 0 Å². The quantitative estimate of drug-likeness (QED) is 0.782. The molecule has 0 heterocycles. The molecule has 2 amide bonds. The molecule has 0 aliphatic heterocycles. The number of aromatic carboxylic acids is 1. The summed E-state index contributed by atoms with van der Waals surface area (Å²) < 4.78 is 14.1. The van der Waals surface area contributed by atoms with Crippen molar-refractivity contribution in [1.82, 2.24) is 0 Å². The number of carbonyl (C=O) groups is 2. The third-order valence-electron chi connectivity index (χ3n) is 2.57. The smallest absolute Gasteiger partial charge is 0.335 e. The fourth-order valence-corrected chi connectivity index (χ4v) is 1.94. The highest BCUT2D eigenvalue weighted by atomic mass is 79.9. The Hall–Kier alpha value is -2.41. The molecule has 7 heteroatoms. The fourth-order valence-electron chi connectivity index (χ4n) is 1.57. The number of carbonyl (C=O) groups excluding carboxylic acids is 1. The standard InChI is InChI=1S/C14H10BrFN2O3/c15-9-3-6-11(16)12(7-9)18-14(21)17-10-4-1-8(2-5-10)13(19)20/h1-7H,(H,19,20)(H2,17,18,21). The van der Waals surface area contributed by atoms with Crippen LogP contribution in [-0.2, 0) is 0 Å². The van der Waals surface area contributed by atoms with Gasteiger partial charge in [0.05, 0.1) is 11.3 Å². The molecule has 0 atom stereocenters. The Balaban J connectivity index is 2.04. The normalized spacial score (nSPS) is 10.0. The van der Waals surface area contributed by atoms with Crippen LogP contribution in [0.15, 0.2) is 46.9 Å². The first-order valence-corrected chi connectivity index (χ1v) is 6.61. The zero-order valence-corrected chi connectivity index (χ0v) is 12.1. The van der Waals surface area contributed by atoms with Crippen LogP contribution in [0.25, 0.3) is 0 Å². The number of nitrogens with one attached hydrogen (secondary N) is 2. The maximum absolute atomic E-state index is 13.5. The first kappa shape index (κ1) is 15.0. The van der Waals surface area contributed by atoms with Crippen molar-refractivity contribution >= 4 is 39.3 Å². The van der Waals surface area contributed by atoms with Gasteiger partial charge in [0, 0.05) is 10.2 Å². The molecule has 0 bridgehead atoms. The summed E-state index contributed by atoms with van der Waals surface area (Å²) >= 11 is 3.18. The van der Waals surface area contributed by atoms with E-state index in [-0.39, 0.29) is 11.3 Å². The van der Waals surface area contributed by atoms with Crippen LogP contribution < -0.4 is 10.6 Å². The molecule has 0 aliphatic carbocycles. The van der Waals surface area contributed by atoms with Crippen molar-refractivity contribution in [2.24, 2.45) is 0 Å². The minimum atomic E-state index is -1.05. The number of urea groups is 1. The molecule has 21 heavy (non-hydrogen) atoms. The molecular weight excluding hydrogens is 343 g/mol. The molecule has 2 rings (SSSR count). The van der Waals surface area contributed by atoms with Crippen molar-refractivity contribution in [2.45, 2.75) is 0 Å². The van der Waals surface area contributed by atoms with Gasteiger partial charge in [-0.15, -0.1) is 0 Å². The topological polar surface area (TPSA) is 78.4 Å². The lowest BCUT2D eigenvalue weighted by Crippen LogP contribution is -2.20. The lowest BCUT2D eigenvalue weighted by atomic mass is 10.2. The van der Waals surface area contributed by atoms with Gasteiger partial charge in [-0.1, -0.05) is 15.9 Å². The van der Waals surface area contributed by atoms with Gasteiger partial charge in [0.15, 0.2) is 0 Å². The maximum atomic E-state index is 13.5. The molecular formula is C14H10BrFN2O3. The van der Waals surface area contributed by atoms with E-state index in [0.29, 0.717) is 10.2 Å². The summed E-state index contributed by atoms with van der Waals surface area (Å²) in [6, 6.07) is 9.15. The van der Waals surface area contributed by atoms with Crippen LogP contribution in [0.3, 0.4) is 0 Å². The molecule has 0 aliphatic rings.